The fraction of sp³-hybridized carbons (Fsp3) is 0.440. The highest BCUT2D eigenvalue weighted by Gasteiger charge is 2.43. The topological polar surface area (TPSA) is 61.9 Å². The number of hydrogen-bond acceptors (Lipinski definition) is 3. The molecule has 0 spiro atoms. The van der Waals surface area contributed by atoms with E-state index in [9.17, 15) is 9.59 Å². The number of para-hydroxylation sites is 1. The Balaban J connectivity index is 1.86. The van der Waals surface area contributed by atoms with Gasteiger partial charge in [-0.15, -0.1) is 0 Å². The maximum Gasteiger partial charge on any atom is 0.317 e. The summed E-state index contributed by atoms with van der Waals surface area (Å²) in [6, 6.07) is 17.6. The van der Waals surface area contributed by atoms with Gasteiger partial charge in [0.2, 0.25) is 5.91 Å². The minimum Gasteiger partial charge on any atom is -0.496 e. The van der Waals surface area contributed by atoms with Crippen LogP contribution in [0.4, 0.5) is 4.79 Å². The molecule has 6 nitrogen and oxygen atoms in total. The molecule has 3 amide bonds. The third-order valence-corrected chi connectivity index (χ3v) is 5.58. The van der Waals surface area contributed by atoms with E-state index in [1.165, 1.54) is 0 Å². The molecule has 6 heteroatoms. The second-order valence-electron chi connectivity index (χ2n) is 9.22. The van der Waals surface area contributed by atoms with Gasteiger partial charge < -0.3 is 19.9 Å². The van der Waals surface area contributed by atoms with E-state index in [4.69, 9.17) is 4.74 Å². The van der Waals surface area contributed by atoms with Crippen LogP contribution >= 0.6 is 0 Å². The molecular formula is C25H33N3O3. The summed E-state index contributed by atoms with van der Waals surface area (Å²) in [5, 5.41) is 3.02. The molecule has 2 aromatic carbocycles. The predicted octanol–water partition coefficient (Wildman–Crippen LogP) is 3.88. The van der Waals surface area contributed by atoms with Gasteiger partial charge in [-0.2, -0.15) is 0 Å². The van der Waals surface area contributed by atoms with E-state index in [-0.39, 0.29) is 29.3 Å². The van der Waals surface area contributed by atoms with Crippen LogP contribution in [0.25, 0.3) is 0 Å². The van der Waals surface area contributed by atoms with Crippen LogP contribution in [0, 0.1) is 5.92 Å². The Labute approximate surface area is 185 Å². The molecule has 2 atom stereocenters. The highest BCUT2D eigenvalue weighted by molar-refractivity contribution is 5.83. The minimum atomic E-state index is -0.344. The Bertz CT molecular complexity index is 908. The molecule has 3 rings (SSSR count). The molecule has 1 aliphatic heterocycles. The van der Waals surface area contributed by atoms with Crippen molar-refractivity contribution in [2.45, 2.75) is 38.8 Å². The van der Waals surface area contributed by atoms with Gasteiger partial charge in [0, 0.05) is 38.1 Å². The van der Waals surface area contributed by atoms with Crippen LogP contribution in [-0.2, 0) is 11.3 Å². The van der Waals surface area contributed by atoms with E-state index in [2.05, 4.69) is 5.32 Å². The zero-order valence-corrected chi connectivity index (χ0v) is 19.1. The molecule has 0 aromatic heterocycles. The monoisotopic (exact) mass is 423 g/mol. The fourth-order valence-electron chi connectivity index (χ4n) is 4.13. The van der Waals surface area contributed by atoms with E-state index in [0.29, 0.717) is 19.6 Å². The highest BCUT2D eigenvalue weighted by atomic mass is 16.5. The van der Waals surface area contributed by atoms with Gasteiger partial charge in [0.05, 0.1) is 13.0 Å². The van der Waals surface area contributed by atoms with Crippen molar-refractivity contribution in [3.63, 3.8) is 0 Å². The largest absolute Gasteiger partial charge is 0.496 e. The van der Waals surface area contributed by atoms with Crippen molar-refractivity contribution in [1.82, 2.24) is 15.1 Å². The molecule has 1 N–H and O–H groups in total. The molecule has 2 aromatic rings. The number of benzene rings is 2. The van der Waals surface area contributed by atoms with E-state index in [0.717, 1.165) is 16.9 Å². The number of rotatable bonds is 5. The second-order valence-corrected chi connectivity index (χ2v) is 9.22. The molecule has 0 bridgehead atoms. The first-order chi connectivity index (χ1) is 14.7. The summed E-state index contributed by atoms with van der Waals surface area (Å²) in [7, 11) is 3.46. The van der Waals surface area contributed by atoms with Gasteiger partial charge in [-0.3, -0.25) is 4.79 Å². The smallest absolute Gasteiger partial charge is 0.317 e. The fourth-order valence-corrected chi connectivity index (χ4v) is 4.13. The molecular weight excluding hydrogens is 390 g/mol. The van der Waals surface area contributed by atoms with Crippen molar-refractivity contribution in [3.8, 4) is 5.75 Å². The summed E-state index contributed by atoms with van der Waals surface area (Å²) >= 11 is 0. The number of nitrogens with zero attached hydrogens (tertiary/aromatic N) is 2. The summed E-state index contributed by atoms with van der Waals surface area (Å²) in [6.45, 7) is 7.24. The van der Waals surface area contributed by atoms with Crippen LogP contribution in [0.5, 0.6) is 5.75 Å². The first-order valence-corrected chi connectivity index (χ1v) is 10.7. The Morgan fingerprint density at radius 3 is 2.35 bits per heavy atom. The molecule has 166 valence electrons. The summed E-state index contributed by atoms with van der Waals surface area (Å²) < 4.78 is 5.57. The average Bonchev–Trinajstić information content (AvgIpc) is 3.18. The normalized spacial score (nSPS) is 18.5. The predicted molar refractivity (Wildman–Crippen MR) is 122 cm³/mol. The molecule has 2 unspecified atom stereocenters. The Morgan fingerprint density at radius 1 is 1.06 bits per heavy atom. The maximum atomic E-state index is 13.5. The van der Waals surface area contributed by atoms with Gasteiger partial charge in [-0.05, 0) is 38.0 Å². The van der Waals surface area contributed by atoms with Crippen LogP contribution in [0.1, 0.15) is 37.8 Å². The summed E-state index contributed by atoms with van der Waals surface area (Å²) in [4.78, 5) is 29.9. The lowest BCUT2D eigenvalue weighted by molar-refractivity contribution is -0.134. The molecule has 0 saturated carbocycles. The van der Waals surface area contributed by atoms with Crippen molar-refractivity contribution in [1.29, 1.82) is 0 Å². The van der Waals surface area contributed by atoms with E-state index < -0.39 is 0 Å². The molecule has 1 saturated heterocycles. The molecule has 31 heavy (non-hydrogen) atoms. The van der Waals surface area contributed by atoms with Crippen LogP contribution in [0.15, 0.2) is 54.6 Å². The van der Waals surface area contributed by atoms with Gasteiger partial charge in [0.25, 0.3) is 0 Å². The minimum absolute atomic E-state index is 0.0332. The number of carbonyl (C=O) groups is 2. The van der Waals surface area contributed by atoms with E-state index in [1.54, 1.807) is 16.9 Å². The lowest BCUT2D eigenvalue weighted by Crippen LogP contribution is -2.48. The third-order valence-electron chi connectivity index (χ3n) is 5.58. The molecule has 0 radical (unpaired) electrons. The van der Waals surface area contributed by atoms with Crippen LogP contribution in [0.2, 0.25) is 0 Å². The van der Waals surface area contributed by atoms with Gasteiger partial charge in [0.1, 0.15) is 5.75 Å². The molecule has 1 heterocycles. The number of carbonyl (C=O) groups excluding carboxylic acids is 2. The summed E-state index contributed by atoms with van der Waals surface area (Å²) in [5.74, 6) is 0.309. The van der Waals surface area contributed by atoms with Crippen molar-refractivity contribution in [3.05, 3.63) is 65.7 Å². The number of amides is 3. The Morgan fingerprint density at radius 2 is 1.71 bits per heavy atom. The zero-order chi connectivity index (χ0) is 22.6. The molecule has 1 aliphatic rings. The number of likely N-dealkylation sites (tertiary alicyclic amines) is 1. The first-order valence-electron chi connectivity index (χ1n) is 10.7. The summed E-state index contributed by atoms with van der Waals surface area (Å²) in [5.41, 5.74) is 1.69. The lowest BCUT2D eigenvalue weighted by Gasteiger charge is -2.26. The second kappa shape index (κ2) is 9.41. The van der Waals surface area contributed by atoms with Crippen LogP contribution < -0.4 is 10.1 Å². The maximum absolute atomic E-state index is 13.5. The van der Waals surface area contributed by atoms with Crippen LogP contribution in [0.3, 0.4) is 0 Å². The Hall–Kier alpha value is -3.02. The highest BCUT2D eigenvalue weighted by Crippen LogP contribution is 2.38. The van der Waals surface area contributed by atoms with Crippen molar-refractivity contribution < 1.29 is 14.3 Å². The molecule has 1 fully saturated rings. The van der Waals surface area contributed by atoms with Crippen molar-refractivity contribution in [2.75, 3.05) is 27.2 Å². The van der Waals surface area contributed by atoms with E-state index in [1.807, 2.05) is 82.4 Å². The summed E-state index contributed by atoms with van der Waals surface area (Å²) in [6.07, 6.45) is 0. The van der Waals surface area contributed by atoms with Gasteiger partial charge >= 0.3 is 6.03 Å². The number of methoxy groups -OCH3 is 1. The number of urea groups is 1. The first kappa shape index (κ1) is 22.7. The van der Waals surface area contributed by atoms with Gasteiger partial charge in [-0.1, -0.05) is 48.5 Å². The Kier molecular flexibility index (Phi) is 6.88. The average molecular weight is 424 g/mol. The van der Waals surface area contributed by atoms with Crippen molar-refractivity contribution >= 4 is 11.9 Å². The van der Waals surface area contributed by atoms with Gasteiger partial charge in [-0.25, -0.2) is 4.79 Å². The SMILES string of the molecule is COc1ccccc1C1CN(C(=O)NC(C)(C)C)CC1C(=O)N(C)Cc1ccccc1. The number of nitrogens with one attached hydrogen (secondary N) is 1. The number of hydrogen-bond donors (Lipinski definition) is 1. The van der Waals surface area contributed by atoms with Crippen molar-refractivity contribution in [2.24, 2.45) is 5.92 Å². The van der Waals surface area contributed by atoms with Crippen LogP contribution in [-0.4, -0.2) is 54.5 Å². The van der Waals surface area contributed by atoms with E-state index >= 15 is 0 Å². The standard InChI is InChI=1S/C25H33N3O3/c1-25(2,3)26-24(30)28-16-20(19-13-9-10-14-22(19)31-5)21(17-28)23(29)27(4)15-18-11-7-6-8-12-18/h6-14,20-21H,15-17H2,1-5H3,(H,26,30). The lowest BCUT2D eigenvalue weighted by atomic mass is 9.87. The quantitative estimate of drug-likeness (QED) is 0.794. The third kappa shape index (κ3) is 5.57. The number of ether oxygens (including phenoxy) is 1. The molecule has 0 aliphatic carbocycles. The zero-order valence-electron chi connectivity index (χ0n) is 19.1. The van der Waals surface area contributed by atoms with Gasteiger partial charge in [0.15, 0.2) is 0 Å².